The van der Waals surface area contributed by atoms with Crippen LogP contribution in [-0.2, 0) is 10.0 Å². The average Bonchev–Trinajstić information content (AvgIpc) is 3.25. The smallest absolute Gasteiger partial charge is 0.255 e. The molecule has 0 atom stereocenters. The minimum atomic E-state index is -3.21. The van der Waals surface area contributed by atoms with Gasteiger partial charge in [0.2, 0.25) is 10.0 Å². The maximum Gasteiger partial charge on any atom is 0.255 e. The minimum Gasteiger partial charge on any atom is -0.497 e. The van der Waals surface area contributed by atoms with E-state index in [1.54, 1.807) is 18.0 Å². The van der Waals surface area contributed by atoms with E-state index in [-0.39, 0.29) is 11.9 Å². The van der Waals surface area contributed by atoms with Crippen LogP contribution >= 0.6 is 0 Å². The third kappa shape index (κ3) is 4.84. The average molecular weight is 455 g/mol. The quantitative estimate of drug-likeness (QED) is 0.618. The summed E-state index contributed by atoms with van der Waals surface area (Å²) in [7, 11) is -1.60. The van der Waals surface area contributed by atoms with E-state index in [0.717, 1.165) is 17.0 Å². The van der Waals surface area contributed by atoms with Gasteiger partial charge in [0.1, 0.15) is 11.4 Å². The molecule has 1 aliphatic rings. The lowest BCUT2D eigenvalue weighted by Crippen LogP contribution is -2.46. The van der Waals surface area contributed by atoms with E-state index in [9.17, 15) is 13.2 Å². The molecule has 1 fully saturated rings. The van der Waals surface area contributed by atoms with Crippen LogP contribution in [0.3, 0.4) is 0 Å². The molecular weight excluding hydrogens is 428 g/mol. The predicted molar refractivity (Wildman–Crippen MR) is 122 cm³/mol. The molecule has 2 aromatic carbocycles. The predicted octanol–water partition coefficient (Wildman–Crippen LogP) is 2.70. The Hall–Kier alpha value is -3.17. The van der Waals surface area contributed by atoms with Gasteiger partial charge in [-0.05, 0) is 49.2 Å². The van der Waals surface area contributed by atoms with Crippen molar-refractivity contribution in [1.82, 2.24) is 19.4 Å². The van der Waals surface area contributed by atoms with Gasteiger partial charge in [0.15, 0.2) is 0 Å². The second-order valence-corrected chi connectivity index (χ2v) is 9.79. The normalized spacial score (nSPS) is 15.4. The van der Waals surface area contributed by atoms with Crippen molar-refractivity contribution < 1.29 is 17.9 Å². The molecule has 0 spiro atoms. The first-order valence-corrected chi connectivity index (χ1v) is 12.3. The van der Waals surface area contributed by atoms with Crippen LogP contribution in [0.25, 0.3) is 16.9 Å². The molecule has 4 rings (SSSR count). The lowest BCUT2D eigenvalue weighted by atomic mass is 10.0. The van der Waals surface area contributed by atoms with Gasteiger partial charge in [0.05, 0.1) is 24.6 Å². The van der Waals surface area contributed by atoms with Crippen molar-refractivity contribution in [2.24, 2.45) is 0 Å². The van der Waals surface area contributed by atoms with Crippen LogP contribution in [0.5, 0.6) is 5.75 Å². The molecule has 1 saturated heterocycles. The second-order valence-electron chi connectivity index (χ2n) is 7.81. The number of methoxy groups -OCH3 is 1. The number of nitrogens with one attached hydrogen (secondary N) is 1. The van der Waals surface area contributed by atoms with Crippen molar-refractivity contribution in [3.8, 4) is 22.7 Å². The molecule has 1 N–H and O–H groups in total. The van der Waals surface area contributed by atoms with Crippen molar-refractivity contribution >= 4 is 15.9 Å². The molecule has 2 heterocycles. The molecule has 3 aromatic rings. The summed E-state index contributed by atoms with van der Waals surface area (Å²) in [5.41, 5.74) is 2.69. The molecule has 1 amide bonds. The van der Waals surface area contributed by atoms with Gasteiger partial charge in [-0.25, -0.2) is 17.4 Å². The Bertz CT molecular complexity index is 1180. The van der Waals surface area contributed by atoms with E-state index >= 15 is 0 Å². The van der Waals surface area contributed by atoms with Crippen LogP contribution < -0.4 is 10.1 Å². The molecule has 9 heteroatoms. The van der Waals surface area contributed by atoms with Gasteiger partial charge < -0.3 is 10.1 Å². The molecule has 32 heavy (non-hydrogen) atoms. The lowest BCUT2D eigenvalue weighted by molar-refractivity contribution is 0.0924. The molecule has 0 radical (unpaired) electrons. The van der Waals surface area contributed by atoms with E-state index in [2.05, 4.69) is 5.32 Å². The third-order valence-corrected chi connectivity index (χ3v) is 6.90. The van der Waals surface area contributed by atoms with Gasteiger partial charge in [0, 0.05) is 30.9 Å². The summed E-state index contributed by atoms with van der Waals surface area (Å²) in [6.45, 7) is 0.802. The summed E-state index contributed by atoms with van der Waals surface area (Å²) in [6.07, 6.45) is 4.09. The summed E-state index contributed by atoms with van der Waals surface area (Å²) in [6, 6.07) is 16.9. The third-order valence-electron chi connectivity index (χ3n) is 5.60. The van der Waals surface area contributed by atoms with Crippen LogP contribution in [0.15, 0.2) is 60.8 Å². The number of rotatable bonds is 6. The fourth-order valence-electron chi connectivity index (χ4n) is 3.81. The Labute approximate surface area is 187 Å². The van der Waals surface area contributed by atoms with Crippen LogP contribution in [-0.4, -0.2) is 60.9 Å². The summed E-state index contributed by atoms with van der Waals surface area (Å²) in [5.74, 6) is 0.496. The number of ether oxygens (including phenoxy) is 1. The van der Waals surface area contributed by atoms with E-state index in [1.165, 1.54) is 10.6 Å². The zero-order valence-corrected chi connectivity index (χ0v) is 18.9. The van der Waals surface area contributed by atoms with Gasteiger partial charge >= 0.3 is 0 Å². The number of nitrogens with zero attached hydrogens (tertiary/aromatic N) is 3. The fraction of sp³-hybridized carbons (Fsp3) is 0.304. The van der Waals surface area contributed by atoms with E-state index in [0.29, 0.717) is 37.2 Å². The number of hydrogen-bond acceptors (Lipinski definition) is 5. The van der Waals surface area contributed by atoms with Gasteiger partial charge in [-0.15, -0.1) is 0 Å². The highest BCUT2D eigenvalue weighted by molar-refractivity contribution is 7.88. The molecule has 0 aliphatic carbocycles. The molecule has 0 unspecified atom stereocenters. The number of amides is 1. The number of carbonyl (C=O) groups is 1. The van der Waals surface area contributed by atoms with Gasteiger partial charge in [0.25, 0.3) is 5.91 Å². The SMILES string of the molecule is COc1ccc(-c2nn(-c3ccccc3)cc2C(=O)NC2CCN(S(C)(=O)=O)CC2)cc1. The summed E-state index contributed by atoms with van der Waals surface area (Å²) >= 11 is 0. The molecule has 0 saturated carbocycles. The summed E-state index contributed by atoms with van der Waals surface area (Å²) in [5, 5.41) is 7.76. The maximum absolute atomic E-state index is 13.2. The monoisotopic (exact) mass is 454 g/mol. The number of aromatic nitrogens is 2. The first-order valence-electron chi connectivity index (χ1n) is 10.4. The summed E-state index contributed by atoms with van der Waals surface area (Å²) in [4.78, 5) is 13.2. The van der Waals surface area contributed by atoms with Crippen molar-refractivity contribution in [3.05, 3.63) is 66.4 Å². The standard InChI is InChI=1S/C23H26N4O4S/c1-31-20-10-8-17(9-11-20)22-21(16-27(25-22)19-6-4-3-5-7-19)23(28)24-18-12-14-26(15-13-18)32(2,29)30/h3-11,16,18H,12-15H2,1-2H3,(H,24,28). The highest BCUT2D eigenvalue weighted by Crippen LogP contribution is 2.26. The first-order chi connectivity index (χ1) is 15.3. The van der Waals surface area contributed by atoms with Gasteiger partial charge in [-0.2, -0.15) is 5.10 Å². The van der Waals surface area contributed by atoms with Crippen LogP contribution in [0, 0.1) is 0 Å². The molecule has 168 valence electrons. The molecule has 1 aromatic heterocycles. The Morgan fingerprint density at radius 2 is 1.72 bits per heavy atom. The molecule has 0 bridgehead atoms. The number of piperidine rings is 1. The highest BCUT2D eigenvalue weighted by Gasteiger charge is 2.27. The van der Waals surface area contributed by atoms with Crippen LogP contribution in [0.1, 0.15) is 23.2 Å². The van der Waals surface area contributed by atoms with Crippen molar-refractivity contribution in [1.29, 1.82) is 0 Å². The maximum atomic E-state index is 13.2. The highest BCUT2D eigenvalue weighted by atomic mass is 32.2. The van der Waals surface area contributed by atoms with E-state index < -0.39 is 10.0 Å². The number of carbonyl (C=O) groups excluding carboxylic acids is 1. The molecule has 8 nitrogen and oxygen atoms in total. The molecular formula is C23H26N4O4S. The van der Waals surface area contributed by atoms with E-state index in [4.69, 9.17) is 9.84 Å². The van der Waals surface area contributed by atoms with Crippen molar-refractivity contribution in [2.75, 3.05) is 26.5 Å². The van der Waals surface area contributed by atoms with Gasteiger partial charge in [-0.1, -0.05) is 18.2 Å². The number of hydrogen-bond donors (Lipinski definition) is 1. The number of benzene rings is 2. The van der Waals surface area contributed by atoms with Crippen molar-refractivity contribution in [2.45, 2.75) is 18.9 Å². The first kappa shape index (κ1) is 22.0. The molecule has 1 aliphatic heterocycles. The zero-order chi connectivity index (χ0) is 22.7. The number of para-hydroxylation sites is 1. The minimum absolute atomic E-state index is 0.0932. The van der Waals surface area contributed by atoms with Crippen LogP contribution in [0.4, 0.5) is 0 Å². The fourth-order valence-corrected chi connectivity index (χ4v) is 4.68. The number of sulfonamides is 1. The van der Waals surface area contributed by atoms with Crippen molar-refractivity contribution in [3.63, 3.8) is 0 Å². The van der Waals surface area contributed by atoms with E-state index in [1.807, 2.05) is 54.6 Å². The lowest BCUT2D eigenvalue weighted by Gasteiger charge is -2.30. The van der Waals surface area contributed by atoms with Gasteiger partial charge in [-0.3, -0.25) is 4.79 Å². The largest absolute Gasteiger partial charge is 0.497 e. The zero-order valence-electron chi connectivity index (χ0n) is 18.1. The second kappa shape index (κ2) is 9.13. The Morgan fingerprint density at radius 1 is 1.06 bits per heavy atom. The summed E-state index contributed by atoms with van der Waals surface area (Å²) < 4.78 is 31.9. The van der Waals surface area contributed by atoms with Crippen LogP contribution in [0.2, 0.25) is 0 Å². The Morgan fingerprint density at radius 3 is 2.31 bits per heavy atom. The Kier molecular flexibility index (Phi) is 6.29. The topological polar surface area (TPSA) is 93.5 Å². The Balaban J connectivity index is 1.60.